The topological polar surface area (TPSA) is 90.4 Å². The van der Waals surface area contributed by atoms with Crippen LogP contribution in [0.25, 0.3) is 11.0 Å². The summed E-state index contributed by atoms with van der Waals surface area (Å²) in [5.41, 5.74) is -1.83. The Morgan fingerprint density at radius 3 is 2.52 bits per heavy atom. The van der Waals surface area contributed by atoms with Crippen molar-refractivity contribution in [3.05, 3.63) is 51.9 Å². The second-order valence-electron chi connectivity index (χ2n) is 6.90. The number of halogens is 3. The summed E-state index contributed by atoms with van der Waals surface area (Å²) in [5.74, 6) is 0.280. The van der Waals surface area contributed by atoms with Gasteiger partial charge in [0.15, 0.2) is 0 Å². The molecule has 142 valence electrons. The third-order valence-corrected chi connectivity index (χ3v) is 4.65. The molecule has 1 aliphatic heterocycles. The Morgan fingerprint density at radius 2 is 1.85 bits per heavy atom. The van der Waals surface area contributed by atoms with E-state index in [2.05, 4.69) is 14.9 Å². The first-order chi connectivity index (χ1) is 12.6. The quantitative estimate of drug-likeness (QED) is 0.697. The molecule has 1 aliphatic rings. The molecule has 0 saturated carbocycles. The Morgan fingerprint density at radius 1 is 1.19 bits per heavy atom. The van der Waals surface area contributed by atoms with E-state index in [4.69, 9.17) is 4.74 Å². The molecule has 2 aromatic heterocycles. The third kappa shape index (κ3) is 2.76. The summed E-state index contributed by atoms with van der Waals surface area (Å²) in [6, 6.07) is 3.42. The molecule has 0 spiro atoms. The molecule has 10 heteroatoms. The number of aliphatic hydroxyl groups excluding tert-OH is 1. The van der Waals surface area contributed by atoms with E-state index >= 15 is 0 Å². The van der Waals surface area contributed by atoms with E-state index in [1.165, 1.54) is 12.1 Å². The minimum absolute atomic E-state index is 0.280. The molecule has 4 rings (SSSR count). The number of nitrogens with zero attached hydrogens (tertiary/aromatic N) is 3. The number of fused-ring (bicyclic) bond motifs is 2. The van der Waals surface area contributed by atoms with Crippen molar-refractivity contribution in [2.45, 2.75) is 37.8 Å². The lowest BCUT2D eigenvalue weighted by atomic mass is 9.86. The van der Waals surface area contributed by atoms with Gasteiger partial charge >= 0.3 is 6.18 Å². The lowest BCUT2D eigenvalue weighted by Gasteiger charge is -2.42. The zero-order chi connectivity index (χ0) is 19.6. The van der Waals surface area contributed by atoms with Crippen molar-refractivity contribution in [2.75, 3.05) is 0 Å². The van der Waals surface area contributed by atoms with Gasteiger partial charge in [0, 0.05) is 23.9 Å². The predicted octanol–water partition coefficient (Wildman–Crippen LogP) is 2.52. The van der Waals surface area contributed by atoms with Gasteiger partial charge in [0.25, 0.3) is 5.56 Å². The standard InChI is InChI=1S/C17H14F3N3O4/c1-16(2)15(25)14(23-7-8(17(18,19)20)3-4-13(23)24)9-5-10-11(22-27-21-10)6-12(9)26-16/h3-7,14-15,25H,1-2H3. The monoisotopic (exact) mass is 381 g/mol. The Balaban J connectivity index is 1.98. The van der Waals surface area contributed by atoms with E-state index < -0.39 is 35.0 Å². The molecule has 7 nitrogen and oxygen atoms in total. The summed E-state index contributed by atoms with van der Waals surface area (Å²) < 4.78 is 50.8. The average molecular weight is 381 g/mol. The van der Waals surface area contributed by atoms with Crippen LogP contribution in [0, 0.1) is 0 Å². The van der Waals surface area contributed by atoms with E-state index in [-0.39, 0.29) is 5.75 Å². The molecule has 2 atom stereocenters. The zero-order valence-corrected chi connectivity index (χ0v) is 14.2. The highest BCUT2D eigenvalue weighted by atomic mass is 19.4. The number of benzene rings is 1. The normalized spacial score (nSPS) is 21.7. The van der Waals surface area contributed by atoms with Crippen LogP contribution in [0.5, 0.6) is 5.75 Å². The summed E-state index contributed by atoms with van der Waals surface area (Å²) in [5, 5.41) is 18.2. The van der Waals surface area contributed by atoms with Crippen molar-refractivity contribution < 1.29 is 27.6 Å². The number of ether oxygens (including phenoxy) is 1. The molecular weight excluding hydrogens is 367 g/mol. The average Bonchev–Trinajstić information content (AvgIpc) is 3.01. The molecular formula is C17H14F3N3O4. The Kier molecular flexibility index (Phi) is 3.61. The van der Waals surface area contributed by atoms with Gasteiger partial charge in [-0.2, -0.15) is 13.2 Å². The minimum atomic E-state index is -4.64. The maximum Gasteiger partial charge on any atom is 0.417 e. The van der Waals surface area contributed by atoms with Crippen LogP contribution in [0.15, 0.2) is 39.9 Å². The van der Waals surface area contributed by atoms with Crippen LogP contribution in [0.2, 0.25) is 0 Å². The maximum atomic E-state index is 13.1. The van der Waals surface area contributed by atoms with E-state index in [1.54, 1.807) is 13.8 Å². The third-order valence-electron chi connectivity index (χ3n) is 4.65. The van der Waals surface area contributed by atoms with Crippen molar-refractivity contribution in [3.8, 4) is 5.75 Å². The highest BCUT2D eigenvalue weighted by molar-refractivity contribution is 5.77. The van der Waals surface area contributed by atoms with Gasteiger partial charge in [-0.1, -0.05) is 0 Å². The molecule has 3 heterocycles. The number of pyridine rings is 1. The van der Waals surface area contributed by atoms with Crippen molar-refractivity contribution in [1.29, 1.82) is 0 Å². The van der Waals surface area contributed by atoms with Gasteiger partial charge in [0.2, 0.25) is 0 Å². The van der Waals surface area contributed by atoms with E-state index in [0.29, 0.717) is 28.9 Å². The summed E-state index contributed by atoms with van der Waals surface area (Å²) in [7, 11) is 0. The van der Waals surface area contributed by atoms with Crippen molar-refractivity contribution in [3.63, 3.8) is 0 Å². The first kappa shape index (κ1) is 17.5. The first-order valence-electron chi connectivity index (χ1n) is 8.00. The van der Waals surface area contributed by atoms with Crippen molar-refractivity contribution in [1.82, 2.24) is 14.9 Å². The molecule has 0 bridgehead atoms. The van der Waals surface area contributed by atoms with Gasteiger partial charge in [-0.3, -0.25) is 4.79 Å². The van der Waals surface area contributed by atoms with Gasteiger partial charge in [0.05, 0.1) is 11.6 Å². The van der Waals surface area contributed by atoms with Gasteiger partial charge in [-0.05, 0) is 36.3 Å². The molecule has 27 heavy (non-hydrogen) atoms. The van der Waals surface area contributed by atoms with E-state index in [0.717, 1.165) is 10.6 Å². The van der Waals surface area contributed by atoms with Crippen LogP contribution < -0.4 is 10.3 Å². The van der Waals surface area contributed by atoms with Crippen LogP contribution in [0.4, 0.5) is 13.2 Å². The largest absolute Gasteiger partial charge is 0.485 e. The molecule has 1 aromatic carbocycles. The first-order valence-corrected chi connectivity index (χ1v) is 8.00. The Hall–Kier alpha value is -2.88. The number of alkyl halides is 3. The van der Waals surface area contributed by atoms with Gasteiger partial charge in [-0.15, -0.1) is 0 Å². The number of aliphatic hydroxyl groups is 1. The Bertz CT molecular complexity index is 1090. The van der Waals surface area contributed by atoms with Gasteiger partial charge in [-0.25, -0.2) is 4.63 Å². The molecule has 0 aliphatic carbocycles. The molecule has 0 fully saturated rings. The van der Waals surface area contributed by atoms with E-state index in [9.17, 15) is 23.1 Å². The fourth-order valence-electron chi connectivity index (χ4n) is 3.23. The highest BCUT2D eigenvalue weighted by Crippen LogP contribution is 2.43. The molecule has 2 unspecified atom stereocenters. The zero-order valence-electron chi connectivity index (χ0n) is 14.2. The second-order valence-corrected chi connectivity index (χ2v) is 6.90. The molecule has 0 saturated heterocycles. The van der Waals surface area contributed by atoms with Crippen molar-refractivity contribution in [2.24, 2.45) is 0 Å². The van der Waals surface area contributed by atoms with Crippen molar-refractivity contribution >= 4 is 11.0 Å². The molecule has 1 N–H and O–H groups in total. The molecule has 0 amide bonds. The molecule has 0 radical (unpaired) electrons. The van der Waals surface area contributed by atoms with Crippen LogP contribution >= 0.6 is 0 Å². The van der Waals surface area contributed by atoms with Crippen LogP contribution in [0.3, 0.4) is 0 Å². The van der Waals surface area contributed by atoms with Gasteiger partial charge in [0.1, 0.15) is 28.5 Å². The number of rotatable bonds is 1. The fourth-order valence-corrected chi connectivity index (χ4v) is 3.23. The van der Waals surface area contributed by atoms with E-state index in [1.807, 2.05) is 0 Å². The number of hydrogen-bond acceptors (Lipinski definition) is 6. The SMILES string of the molecule is CC1(C)Oc2cc3nonc3cc2C(n2cc(C(F)(F)F)ccc2=O)C1O. The summed E-state index contributed by atoms with van der Waals surface area (Å²) >= 11 is 0. The lowest BCUT2D eigenvalue weighted by molar-refractivity contribution is -0.138. The fraction of sp³-hybridized carbons (Fsp3) is 0.353. The predicted molar refractivity (Wildman–Crippen MR) is 86.4 cm³/mol. The van der Waals surface area contributed by atoms with Crippen LogP contribution in [0.1, 0.15) is 31.0 Å². The number of hydrogen-bond donors (Lipinski definition) is 1. The Labute approximate surface area is 149 Å². The smallest absolute Gasteiger partial charge is 0.417 e. The maximum absolute atomic E-state index is 13.1. The summed E-state index contributed by atoms with van der Waals surface area (Å²) in [6.45, 7) is 3.16. The minimum Gasteiger partial charge on any atom is -0.485 e. The lowest BCUT2D eigenvalue weighted by Crippen LogP contribution is -2.52. The second kappa shape index (κ2) is 5.56. The van der Waals surface area contributed by atoms with Crippen LogP contribution in [-0.2, 0) is 6.18 Å². The number of aromatic nitrogens is 3. The summed E-state index contributed by atoms with van der Waals surface area (Å²) in [4.78, 5) is 12.4. The van der Waals surface area contributed by atoms with Crippen LogP contribution in [-0.4, -0.2) is 31.7 Å². The molecule has 3 aromatic rings. The highest BCUT2D eigenvalue weighted by Gasteiger charge is 2.45. The summed E-state index contributed by atoms with van der Waals surface area (Å²) in [6.07, 6.45) is -5.24. The van der Waals surface area contributed by atoms with Gasteiger partial charge < -0.3 is 14.4 Å².